The van der Waals surface area contributed by atoms with Crippen LogP contribution in [0.25, 0.3) is 28.4 Å². The summed E-state index contributed by atoms with van der Waals surface area (Å²) in [5.41, 5.74) is 7.59. The second kappa shape index (κ2) is 7.96. The van der Waals surface area contributed by atoms with E-state index in [4.69, 9.17) is 4.74 Å². The van der Waals surface area contributed by atoms with Crippen LogP contribution in [0.3, 0.4) is 0 Å². The Morgan fingerprint density at radius 2 is 1.94 bits per heavy atom. The molecule has 31 heavy (non-hydrogen) atoms. The number of aromatic nitrogens is 3. The molecule has 0 bridgehead atoms. The number of benzene rings is 2. The van der Waals surface area contributed by atoms with E-state index in [1.807, 2.05) is 69.3 Å². The number of nitriles is 1. The predicted molar refractivity (Wildman–Crippen MR) is 121 cm³/mol. The minimum atomic E-state index is -0.358. The summed E-state index contributed by atoms with van der Waals surface area (Å²) in [4.78, 5) is 19.6. The number of para-hydroxylation sites is 2. The maximum atomic E-state index is 11.8. The first-order valence-corrected chi connectivity index (χ1v) is 9.88. The highest BCUT2D eigenvalue weighted by molar-refractivity contribution is 5.91. The molecule has 0 amide bonds. The van der Waals surface area contributed by atoms with Crippen molar-refractivity contribution in [3.05, 3.63) is 82.4 Å². The fraction of sp³-hybridized carbons (Fsp3) is 0.160. The lowest BCUT2D eigenvalue weighted by molar-refractivity contribution is 0.0600. The first-order chi connectivity index (χ1) is 14.9. The van der Waals surface area contributed by atoms with E-state index in [1.54, 1.807) is 6.07 Å². The highest BCUT2D eigenvalue weighted by atomic mass is 16.5. The largest absolute Gasteiger partial charge is 0.465 e. The van der Waals surface area contributed by atoms with Crippen molar-refractivity contribution in [2.75, 3.05) is 7.11 Å². The number of hydrogen-bond acceptors (Lipinski definition) is 4. The Kier molecular flexibility index (Phi) is 5.18. The number of nitrogens with one attached hydrogen (secondary N) is 1. The van der Waals surface area contributed by atoms with Crippen molar-refractivity contribution in [3.63, 3.8) is 0 Å². The molecular formula is C25H22N4O2. The van der Waals surface area contributed by atoms with Crippen LogP contribution in [0.5, 0.6) is 0 Å². The highest BCUT2D eigenvalue weighted by Crippen LogP contribution is 2.27. The van der Waals surface area contributed by atoms with E-state index in [1.165, 1.54) is 7.11 Å². The number of H-pyrrole nitrogens is 1. The lowest BCUT2D eigenvalue weighted by Crippen LogP contribution is -2.05. The number of carbonyl (C=O) groups excluding carboxylic acids is 1. The van der Waals surface area contributed by atoms with Gasteiger partial charge in [-0.1, -0.05) is 12.1 Å². The number of carbonyl (C=O) groups is 1. The second-order valence-electron chi connectivity index (χ2n) is 7.43. The third-order valence-corrected chi connectivity index (χ3v) is 5.39. The summed E-state index contributed by atoms with van der Waals surface area (Å²) >= 11 is 0. The summed E-state index contributed by atoms with van der Waals surface area (Å²) in [6.07, 6.45) is 1.86. The number of nitrogens with zero attached hydrogens (tertiary/aromatic N) is 3. The zero-order valence-corrected chi connectivity index (χ0v) is 17.9. The molecule has 0 spiro atoms. The number of aryl methyl sites for hydroxylation is 2. The maximum absolute atomic E-state index is 11.8. The lowest BCUT2D eigenvalue weighted by Gasteiger charge is -2.14. The molecule has 0 atom stereocenters. The summed E-state index contributed by atoms with van der Waals surface area (Å²) in [6.45, 7) is 6.00. The number of methoxy groups -OCH3 is 1. The predicted octanol–water partition coefficient (Wildman–Crippen LogP) is 5.13. The zero-order valence-electron chi connectivity index (χ0n) is 17.9. The molecule has 0 radical (unpaired) electrons. The summed E-state index contributed by atoms with van der Waals surface area (Å²) < 4.78 is 6.94. The van der Waals surface area contributed by atoms with Gasteiger partial charge in [0.15, 0.2) is 0 Å². The van der Waals surface area contributed by atoms with Gasteiger partial charge in [-0.2, -0.15) is 5.26 Å². The molecule has 0 unspecified atom stereocenters. The minimum Gasteiger partial charge on any atom is -0.465 e. The van der Waals surface area contributed by atoms with E-state index in [0.29, 0.717) is 17.0 Å². The molecule has 0 aliphatic carbocycles. The summed E-state index contributed by atoms with van der Waals surface area (Å²) in [5, 5.41) is 9.77. The Bertz CT molecular complexity index is 1350. The molecule has 0 aliphatic heterocycles. The standard InChI is InChI=1S/C25H22N4O2/c1-15-11-18(25(30)31-4)9-10-23(15)29-16(2)12-19(17(29)3)13-20(14-26)24-27-21-7-5-6-8-22(21)28-24/h5-13H,1-4H3,(H,27,28)/b20-13-. The van der Waals surface area contributed by atoms with Crippen molar-refractivity contribution in [2.45, 2.75) is 20.8 Å². The molecule has 0 fully saturated rings. The SMILES string of the molecule is COC(=O)c1ccc(-n2c(C)cc(/C=C(/C#N)c3nc4ccccc4[nH]3)c2C)c(C)c1. The van der Waals surface area contributed by atoms with Crippen LogP contribution in [-0.4, -0.2) is 27.6 Å². The van der Waals surface area contributed by atoms with E-state index < -0.39 is 0 Å². The molecule has 2 aromatic carbocycles. The lowest BCUT2D eigenvalue weighted by atomic mass is 10.1. The first kappa shape index (κ1) is 20.2. The molecule has 6 heteroatoms. The fourth-order valence-electron chi connectivity index (χ4n) is 3.85. The monoisotopic (exact) mass is 410 g/mol. The summed E-state index contributed by atoms with van der Waals surface area (Å²) in [6, 6.07) is 17.5. The van der Waals surface area contributed by atoms with Gasteiger partial charge in [0.25, 0.3) is 0 Å². The molecule has 6 nitrogen and oxygen atoms in total. The van der Waals surface area contributed by atoms with Crippen LogP contribution in [0.2, 0.25) is 0 Å². The van der Waals surface area contributed by atoms with Crippen molar-refractivity contribution in [2.24, 2.45) is 0 Å². The molecule has 0 saturated carbocycles. The van der Waals surface area contributed by atoms with Crippen LogP contribution in [0.15, 0.2) is 48.5 Å². The van der Waals surface area contributed by atoms with Crippen molar-refractivity contribution in [1.82, 2.24) is 14.5 Å². The van der Waals surface area contributed by atoms with Gasteiger partial charge in [-0.05, 0) is 74.4 Å². The smallest absolute Gasteiger partial charge is 0.337 e. The highest BCUT2D eigenvalue weighted by Gasteiger charge is 2.15. The number of rotatable bonds is 4. The second-order valence-corrected chi connectivity index (χ2v) is 7.43. The fourth-order valence-corrected chi connectivity index (χ4v) is 3.85. The number of esters is 1. The van der Waals surface area contributed by atoms with Crippen LogP contribution in [-0.2, 0) is 4.74 Å². The molecule has 0 aliphatic rings. The molecular weight excluding hydrogens is 388 g/mol. The Balaban J connectivity index is 1.77. The van der Waals surface area contributed by atoms with Gasteiger partial charge in [0.2, 0.25) is 0 Å². The number of aromatic amines is 1. The van der Waals surface area contributed by atoms with Gasteiger partial charge in [-0.3, -0.25) is 0 Å². The number of ether oxygens (including phenoxy) is 1. The van der Waals surface area contributed by atoms with Crippen molar-refractivity contribution >= 4 is 28.7 Å². The molecule has 0 saturated heterocycles. The van der Waals surface area contributed by atoms with Crippen LogP contribution >= 0.6 is 0 Å². The van der Waals surface area contributed by atoms with Crippen molar-refractivity contribution in [1.29, 1.82) is 5.26 Å². The average molecular weight is 410 g/mol. The molecule has 4 rings (SSSR count). The quantitative estimate of drug-likeness (QED) is 0.373. The van der Waals surface area contributed by atoms with Crippen LogP contribution < -0.4 is 0 Å². The van der Waals surface area contributed by atoms with E-state index in [9.17, 15) is 10.1 Å². The maximum Gasteiger partial charge on any atom is 0.337 e. The third-order valence-electron chi connectivity index (χ3n) is 5.39. The summed E-state index contributed by atoms with van der Waals surface area (Å²) in [5.74, 6) is 0.191. The van der Waals surface area contributed by atoms with Gasteiger partial charge in [-0.25, -0.2) is 9.78 Å². The molecule has 2 heterocycles. The zero-order chi connectivity index (χ0) is 22.1. The normalized spacial score (nSPS) is 11.5. The van der Waals surface area contributed by atoms with Gasteiger partial charge in [0, 0.05) is 17.1 Å². The summed E-state index contributed by atoms with van der Waals surface area (Å²) in [7, 11) is 1.37. The van der Waals surface area contributed by atoms with Crippen LogP contribution in [0, 0.1) is 32.1 Å². The van der Waals surface area contributed by atoms with Gasteiger partial charge >= 0.3 is 5.97 Å². The Labute approximate surface area is 180 Å². The topological polar surface area (TPSA) is 83.7 Å². The van der Waals surface area contributed by atoms with Crippen molar-refractivity contribution < 1.29 is 9.53 Å². The Morgan fingerprint density at radius 1 is 1.16 bits per heavy atom. The van der Waals surface area contributed by atoms with E-state index in [-0.39, 0.29) is 5.97 Å². The molecule has 154 valence electrons. The number of fused-ring (bicyclic) bond motifs is 1. The Morgan fingerprint density at radius 3 is 2.61 bits per heavy atom. The van der Waals surface area contributed by atoms with Gasteiger partial charge in [0.05, 0.1) is 29.3 Å². The van der Waals surface area contributed by atoms with Gasteiger partial charge in [0.1, 0.15) is 11.9 Å². The molecule has 4 aromatic rings. The van der Waals surface area contributed by atoms with E-state index in [2.05, 4.69) is 20.6 Å². The molecule has 2 aromatic heterocycles. The van der Waals surface area contributed by atoms with Gasteiger partial charge in [-0.15, -0.1) is 0 Å². The van der Waals surface area contributed by atoms with E-state index >= 15 is 0 Å². The van der Waals surface area contributed by atoms with E-state index in [0.717, 1.165) is 39.2 Å². The third kappa shape index (κ3) is 3.62. The molecule has 1 N–H and O–H groups in total. The number of imidazole rings is 1. The van der Waals surface area contributed by atoms with Crippen molar-refractivity contribution in [3.8, 4) is 11.8 Å². The van der Waals surface area contributed by atoms with Crippen LogP contribution in [0.4, 0.5) is 0 Å². The number of hydrogen-bond donors (Lipinski definition) is 1. The number of allylic oxidation sites excluding steroid dienone is 1. The average Bonchev–Trinajstić information content (AvgIpc) is 3.32. The Hall–Kier alpha value is -4.11. The minimum absolute atomic E-state index is 0.358. The van der Waals surface area contributed by atoms with Gasteiger partial charge < -0.3 is 14.3 Å². The first-order valence-electron chi connectivity index (χ1n) is 9.88. The van der Waals surface area contributed by atoms with Crippen LogP contribution in [0.1, 0.15) is 38.7 Å².